The van der Waals surface area contributed by atoms with E-state index in [2.05, 4.69) is 21.9 Å². The molecular formula is C16H25ClN2O. The number of hydrogen-bond donors (Lipinski definition) is 1. The molecule has 0 atom stereocenters. The van der Waals surface area contributed by atoms with Crippen molar-refractivity contribution in [3.8, 4) is 0 Å². The lowest BCUT2D eigenvalue weighted by Crippen LogP contribution is -2.46. The first-order valence-electron chi connectivity index (χ1n) is 7.58. The molecule has 0 saturated carbocycles. The van der Waals surface area contributed by atoms with Crippen LogP contribution in [0.1, 0.15) is 24.8 Å². The Bertz CT molecular complexity index is 375. The Kier molecular flexibility index (Phi) is 6.80. The molecule has 0 amide bonds. The lowest BCUT2D eigenvalue weighted by molar-refractivity contribution is 0.125. The highest BCUT2D eigenvalue weighted by Crippen LogP contribution is 2.13. The normalized spacial score (nSPS) is 17.5. The highest BCUT2D eigenvalue weighted by atomic mass is 35.5. The van der Waals surface area contributed by atoms with Gasteiger partial charge in [0.15, 0.2) is 0 Å². The van der Waals surface area contributed by atoms with Crippen molar-refractivity contribution >= 4 is 11.6 Å². The zero-order valence-electron chi connectivity index (χ0n) is 12.1. The van der Waals surface area contributed by atoms with Crippen LogP contribution in [0, 0.1) is 0 Å². The van der Waals surface area contributed by atoms with Gasteiger partial charge in [0.2, 0.25) is 0 Å². The first-order valence-corrected chi connectivity index (χ1v) is 7.96. The van der Waals surface area contributed by atoms with E-state index >= 15 is 0 Å². The van der Waals surface area contributed by atoms with E-state index in [9.17, 15) is 0 Å². The summed E-state index contributed by atoms with van der Waals surface area (Å²) in [5, 5.41) is 9.57. The fraction of sp³-hybridized carbons (Fsp3) is 0.625. The number of piperazine rings is 1. The van der Waals surface area contributed by atoms with E-state index in [1.165, 1.54) is 18.5 Å². The van der Waals surface area contributed by atoms with E-state index in [4.69, 9.17) is 16.7 Å². The smallest absolute Gasteiger partial charge is 0.0431 e. The zero-order chi connectivity index (χ0) is 14.2. The largest absolute Gasteiger partial charge is 0.396 e. The van der Waals surface area contributed by atoms with Gasteiger partial charge in [-0.1, -0.05) is 23.7 Å². The maximum Gasteiger partial charge on any atom is 0.0431 e. The quantitative estimate of drug-likeness (QED) is 0.784. The third kappa shape index (κ3) is 5.41. The molecule has 0 spiro atoms. The molecule has 1 aliphatic heterocycles. The molecule has 112 valence electrons. The molecule has 0 unspecified atom stereocenters. The maximum absolute atomic E-state index is 8.77. The molecule has 1 heterocycles. The van der Waals surface area contributed by atoms with Crippen molar-refractivity contribution in [3.05, 3.63) is 34.9 Å². The minimum absolute atomic E-state index is 0.328. The van der Waals surface area contributed by atoms with Crippen molar-refractivity contribution in [1.29, 1.82) is 0 Å². The number of rotatable bonds is 7. The first-order chi connectivity index (χ1) is 9.78. The second kappa shape index (κ2) is 8.63. The molecule has 3 nitrogen and oxygen atoms in total. The second-order valence-electron chi connectivity index (χ2n) is 5.53. The average molecular weight is 297 g/mol. The van der Waals surface area contributed by atoms with Crippen LogP contribution in [0.15, 0.2) is 24.3 Å². The van der Waals surface area contributed by atoms with Crippen molar-refractivity contribution in [2.45, 2.75) is 25.8 Å². The molecule has 1 saturated heterocycles. The van der Waals surface area contributed by atoms with Crippen LogP contribution >= 0.6 is 11.6 Å². The van der Waals surface area contributed by atoms with Crippen LogP contribution in [0.3, 0.4) is 0 Å². The van der Waals surface area contributed by atoms with Gasteiger partial charge in [-0.25, -0.2) is 0 Å². The predicted molar refractivity (Wildman–Crippen MR) is 84.1 cm³/mol. The Hall–Kier alpha value is -0.610. The molecule has 1 fully saturated rings. The van der Waals surface area contributed by atoms with E-state index in [-0.39, 0.29) is 0 Å². The summed E-state index contributed by atoms with van der Waals surface area (Å²) in [4.78, 5) is 5.04. The lowest BCUT2D eigenvalue weighted by atomic mass is 10.2. The first kappa shape index (κ1) is 15.8. The number of aliphatic hydroxyl groups is 1. The molecule has 1 aliphatic rings. The zero-order valence-corrected chi connectivity index (χ0v) is 12.9. The van der Waals surface area contributed by atoms with Crippen LogP contribution in [-0.2, 0) is 6.54 Å². The summed E-state index contributed by atoms with van der Waals surface area (Å²) < 4.78 is 0. The van der Waals surface area contributed by atoms with Crippen molar-refractivity contribution in [3.63, 3.8) is 0 Å². The lowest BCUT2D eigenvalue weighted by Gasteiger charge is -2.34. The second-order valence-corrected chi connectivity index (χ2v) is 5.96. The van der Waals surface area contributed by atoms with Crippen LogP contribution in [0.4, 0.5) is 0 Å². The predicted octanol–water partition coefficient (Wildman–Crippen LogP) is 2.62. The Morgan fingerprint density at radius 3 is 2.20 bits per heavy atom. The minimum atomic E-state index is 0.328. The maximum atomic E-state index is 8.77. The summed E-state index contributed by atoms with van der Waals surface area (Å²) in [6.07, 6.45) is 3.29. The molecular weight excluding hydrogens is 272 g/mol. The molecule has 0 aliphatic carbocycles. The number of halogens is 1. The molecule has 20 heavy (non-hydrogen) atoms. The number of benzene rings is 1. The molecule has 1 N–H and O–H groups in total. The number of hydrogen-bond acceptors (Lipinski definition) is 3. The van der Waals surface area contributed by atoms with Gasteiger partial charge in [0, 0.05) is 44.4 Å². The molecule has 0 bridgehead atoms. The topological polar surface area (TPSA) is 26.7 Å². The standard InChI is InChI=1S/C16H25ClN2O/c17-16-6-4-15(5-7-16)14-19-11-9-18(10-12-19)8-2-1-3-13-20/h4-7,20H,1-3,8-14H2. The monoisotopic (exact) mass is 296 g/mol. The van der Waals surface area contributed by atoms with E-state index in [0.717, 1.165) is 50.6 Å². The van der Waals surface area contributed by atoms with Gasteiger partial charge < -0.3 is 10.0 Å². The minimum Gasteiger partial charge on any atom is -0.396 e. The van der Waals surface area contributed by atoms with Gasteiger partial charge in [0.1, 0.15) is 0 Å². The summed E-state index contributed by atoms with van der Waals surface area (Å²) >= 11 is 5.91. The SMILES string of the molecule is OCCCCCN1CCN(Cc2ccc(Cl)cc2)CC1. The Balaban J connectivity index is 1.65. The summed E-state index contributed by atoms with van der Waals surface area (Å²) in [5.41, 5.74) is 1.34. The van der Waals surface area contributed by atoms with Crippen LogP contribution < -0.4 is 0 Å². The van der Waals surface area contributed by atoms with E-state index in [0.29, 0.717) is 6.61 Å². The van der Waals surface area contributed by atoms with Gasteiger partial charge in [-0.15, -0.1) is 0 Å². The van der Waals surface area contributed by atoms with E-state index in [1.54, 1.807) is 0 Å². The van der Waals surface area contributed by atoms with Crippen LogP contribution in [0.25, 0.3) is 0 Å². The summed E-state index contributed by atoms with van der Waals surface area (Å²) in [7, 11) is 0. The third-order valence-corrected chi connectivity index (χ3v) is 4.17. The summed E-state index contributed by atoms with van der Waals surface area (Å²) in [5.74, 6) is 0. The fourth-order valence-corrected chi connectivity index (χ4v) is 2.77. The number of nitrogens with zero attached hydrogens (tertiary/aromatic N) is 2. The van der Waals surface area contributed by atoms with Crippen molar-refractivity contribution in [2.24, 2.45) is 0 Å². The Labute approximate surface area is 127 Å². The van der Waals surface area contributed by atoms with E-state index < -0.39 is 0 Å². The molecule has 1 aromatic carbocycles. The average Bonchev–Trinajstić information content (AvgIpc) is 2.48. The third-order valence-electron chi connectivity index (χ3n) is 3.92. The van der Waals surface area contributed by atoms with Gasteiger partial charge in [0.05, 0.1) is 0 Å². The molecule has 2 rings (SSSR count). The van der Waals surface area contributed by atoms with Crippen LogP contribution in [-0.4, -0.2) is 54.2 Å². The van der Waals surface area contributed by atoms with Crippen molar-refractivity contribution in [2.75, 3.05) is 39.3 Å². The van der Waals surface area contributed by atoms with Gasteiger partial charge in [-0.2, -0.15) is 0 Å². The van der Waals surface area contributed by atoms with Crippen LogP contribution in [0.5, 0.6) is 0 Å². The highest BCUT2D eigenvalue weighted by Gasteiger charge is 2.16. The van der Waals surface area contributed by atoms with Gasteiger partial charge in [0.25, 0.3) is 0 Å². The number of unbranched alkanes of at least 4 members (excludes halogenated alkanes) is 2. The molecule has 0 aromatic heterocycles. The fourth-order valence-electron chi connectivity index (χ4n) is 2.64. The van der Waals surface area contributed by atoms with Gasteiger partial charge in [-0.3, -0.25) is 4.90 Å². The van der Waals surface area contributed by atoms with Crippen LogP contribution in [0.2, 0.25) is 5.02 Å². The summed E-state index contributed by atoms with van der Waals surface area (Å²) in [6, 6.07) is 8.16. The van der Waals surface area contributed by atoms with Crippen molar-refractivity contribution in [1.82, 2.24) is 9.80 Å². The Morgan fingerprint density at radius 2 is 1.55 bits per heavy atom. The van der Waals surface area contributed by atoms with E-state index in [1.807, 2.05) is 12.1 Å². The highest BCUT2D eigenvalue weighted by molar-refractivity contribution is 6.30. The Morgan fingerprint density at radius 1 is 0.900 bits per heavy atom. The van der Waals surface area contributed by atoms with Gasteiger partial charge in [-0.05, 0) is 43.5 Å². The number of aliphatic hydroxyl groups excluding tert-OH is 1. The van der Waals surface area contributed by atoms with Gasteiger partial charge >= 0.3 is 0 Å². The van der Waals surface area contributed by atoms with Crippen molar-refractivity contribution < 1.29 is 5.11 Å². The molecule has 1 aromatic rings. The molecule has 0 radical (unpaired) electrons. The molecule has 4 heteroatoms. The summed E-state index contributed by atoms with van der Waals surface area (Å²) in [6.45, 7) is 7.13.